The lowest BCUT2D eigenvalue weighted by Gasteiger charge is -2.23. The SMILES string of the molecule is CCCCS(=O)(=O)O.CCCN(CCC)c1ccc(Cl)cc1. The van der Waals surface area contributed by atoms with E-state index in [0.717, 1.165) is 24.5 Å². The Balaban J connectivity index is 0.000000472. The normalized spacial score (nSPS) is 10.8. The number of halogens is 1. The minimum absolute atomic E-state index is 0.108. The first kappa shape index (κ1) is 21.2. The van der Waals surface area contributed by atoms with Crippen molar-refractivity contribution in [3.8, 4) is 0 Å². The second-order valence-corrected chi connectivity index (χ2v) is 7.11. The maximum Gasteiger partial charge on any atom is 0.264 e. The summed E-state index contributed by atoms with van der Waals surface area (Å²) in [6, 6.07) is 8.09. The Morgan fingerprint density at radius 2 is 1.50 bits per heavy atom. The summed E-state index contributed by atoms with van der Waals surface area (Å²) in [4.78, 5) is 2.40. The van der Waals surface area contributed by atoms with Crippen LogP contribution in [-0.2, 0) is 10.1 Å². The molecule has 0 atom stereocenters. The van der Waals surface area contributed by atoms with Gasteiger partial charge in [-0.2, -0.15) is 8.42 Å². The number of hydrogen-bond acceptors (Lipinski definition) is 3. The van der Waals surface area contributed by atoms with Gasteiger partial charge in [0.1, 0.15) is 0 Å². The molecular weight excluding hydrogens is 322 g/mol. The summed E-state index contributed by atoms with van der Waals surface area (Å²) in [5, 5.41) is 0.807. The zero-order valence-corrected chi connectivity index (χ0v) is 15.3. The summed E-state index contributed by atoms with van der Waals surface area (Å²) >= 11 is 5.85. The Morgan fingerprint density at radius 1 is 1.00 bits per heavy atom. The van der Waals surface area contributed by atoms with E-state index >= 15 is 0 Å². The highest BCUT2D eigenvalue weighted by molar-refractivity contribution is 7.85. The fourth-order valence-electron chi connectivity index (χ4n) is 1.89. The van der Waals surface area contributed by atoms with Crippen molar-refractivity contribution < 1.29 is 13.0 Å². The lowest BCUT2D eigenvalue weighted by Crippen LogP contribution is -2.24. The van der Waals surface area contributed by atoms with Gasteiger partial charge in [0.05, 0.1) is 5.75 Å². The number of nitrogens with zero attached hydrogens (tertiary/aromatic N) is 1. The van der Waals surface area contributed by atoms with Crippen molar-refractivity contribution in [2.24, 2.45) is 0 Å². The highest BCUT2D eigenvalue weighted by Gasteiger charge is 2.03. The van der Waals surface area contributed by atoms with Gasteiger partial charge in [-0.3, -0.25) is 4.55 Å². The van der Waals surface area contributed by atoms with Gasteiger partial charge >= 0.3 is 0 Å². The Bertz CT molecular complexity index is 483. The van der Waals surface area contributed by atoms with Crippen LogP contribution < -0.4 is 4.90 Å². The quantitative estimate of drug-likeness (QED) is 0.694. The summed E-state index contributed by atoms with van der Waals surface area (Å²) in [6.45, 7) is 8.52. The second-order valence-electron chi connectivity index (χ2n) is 5.10. The molecule has 1 aromatic rings. The first-order valence-corrected chi connectivity index (χ1v) is 9.78. The van der Waals surface area contributed by atoms with Gasteiger partial charge in [0, 0.05) is 23.8 Å². The summed E-state index contributed by atoms with van der Waals surface area (Å²) in [5.74, 6) is -0.108. The minimum atomic E-state index is -3.69. The predicted molar refractivity (Wildman–Crippen MR) is 95.6 cm³/mol. The first-order valence-electron chi connectivity index (χ1n) is 7.79. The average Bonchev–Trinajstić information content (AvgIpc) is 2.46. The summed E-state index contributed by atoms with van der Waals surface area (Å²) in [7, 11) is -3.69. The maximum absolute atomic E-state index is 9.95. The van der Waals surface area contributed by atoms with Gasteiger partial charge in [0.15, 0.2) is 0 Å². The third-order valence-electron chi connectivity index (χ3n) is 2.93. The molecule has 0 heterocycles. The molecule has 0 unspecified atom stereocenters. The Labute approximate surface area is 140 Å². The molecule has 1 N–H and O–H groups in total. The molecule has 0 radical (unpaired) electrons. The lowest BCUT2D eigenvalue weighted by molar-refractivity contribution is 0.480. The van der Waals surface area contributed by atoms with Crippen LogP contribution in [0.1, 0.15) is 46.5 Å². The molecule has 6 heteroatoms. The van der Waals surface area contributed by atoms with Crippen LogP contribution in [0.2, 0.25) is 5.02 Å². The molecule has 0 aromatic heterocycles. The van der Waals surface area contributed by atoms with Crippen molar-refractivity contribution in [3.05, 3.63) is 29.3 Å². The van der Waals surface area contributed by atoms with Crippen molar-refractivity contribution in [3.63, 3.8) is 0 Å². The average molecular weight is 350 g/mol. The van der Waals surface area contributed by atoms with Gasteiger partial charge < -0.3 is 4.90 Å². The maximum atomic E-state index is 9.95. The zero-order valence-electron chi connectivity index (χ0n) is 13.8. The van der Waals surface area contributed by atoms with Crippen LogP contribution in [0, 0.1) is 0 Å². The Kier molecular flexibility index (Phi) is 11.3. The number of benzene rings is 1. The number of anilines is 1. The molecule has 0 bridgehead atoms. The van der Waals surface area contributed by atoms with Gasteiger partial charge in [0.2, 0.25) is 0 Å². The van der Waals surface area contributed by atoms with Crippen molar-refractivity contribution in [1.82, 2.24) is 0 Å². The van der Waals surface area contributed by atoms with Gasteiger partial charge in [0.25, 0.3) is 10.1 Å². The van der Waals surface area contributed by atoms with Crippen molar-refractivity contribution in [2.75, 3.05) is 23.7 Å². The van der Waals surface area contributed by atoms with Gasteiger partial charge in [-0.05, 0) is 43.5 Å². The van der Waals surface area contributed by atoms with E-state index in [4.69, 9.17) is 16.2 Å². The van der Waals surface area contributed by atoms with E-state index in [1.54, 1.807) is 0 Å². The summed E-state index contributed by atoms with van der Waals surface area (Å²) in [6.07, 6.45) is 3.70. The van der Waals surface area contributed by atoms with Crippen LogP contribution >= 0.6 is 11.6 Å². The molecule has 0 saturated heterocycles. The van der Waals surface area contributed by atoms with Crippen LogP contribution in [-0.4, -0.2) is 31.8 Å². The van der Waals surface area contributed by atoms with Crippen LogP contribution in [0.25, 0.3) is 0 Å². The Morgan fingerprint density at radius 3 is 1.82 bits per heavy atom. The number of rotatable bonds is 8. The van der Waals surface area contributed by atoms with Crippen LogP contribution in [0.15, 0.2) is 24.3 Å². The molecule has 22 heavy (non-hydrogen) atoms. The van der Waals surface area contributed by atoms with Gasteiger partial charge in [-0.1, -0.05) is 38.8 Å². The van der Waals surface area contributed by atoms with Crippen LogP contribution in [0.3, 0.4) is 0 Å². The molecule has 0 aliphatic heterocycles. The first-order chi connectivity index (χ1) is 10.3. The molecule has 0 saturated carbocycles. The number of hydrogen-bond donors (Lipinski definition) is 1. The van der Waals surface area contributed by atoms with Crippen molar-refractivity contribution in [1.29, 1.82) is 0 Å². The molecule has 1 aromatic carbocycles. The molecule has 0 aliphatic rings. The molecule has 4 nitrogen and oxygen atoms in total. The molecule has 1 rings (SSSR count). The summed E-state index contributed by atoms with van der Waals surface area (Å²) < 4.78 is 28.0. The summed E-state index contributed by atoms with van der Waals surface area (Å²) in [5.41, 5.74) is 1.28. The standard InChI is InChI=1S/C12H18ClN.C4H10O3S/c1-3-9-14(10-4-2)12-7-5-11(13)6-8-12;1-2-3-4-8(5,6)7/h5-8H,3-4,9-10H2,1-2H3;2-4H2,1H3,(H,5,6,7). The van der Waals surface area contributed by atoms with Crippen molar-refractivity contribution >= 4 is 27.4 Å². The van der Waals surface area contributed by atoms with E-state index in [-0.39, 0.29) is 5.75 Å². The lowest BCUT2D eigenvalue weighted by atomic mass is 10.2. The predicted octanol–water partition coefficient (Wildman–Crippen LogP) is 4.64. The van der Waals surface area contributed by atoms with E-state index in [9.17, 15) is 8.42 Å². The molecule has 0 fully saturated rings. The smallest absolute Gasteiger partial charge is 0.264 e. The van der Waals surface area contributed by atoms with E-state index < -0.39 is 10.1 Å². The minimum Gasteiger partial charge on any atom is -0.372 e. The fourth-order valence-corrected chi connectivity index (χ4v) is 2.67. The van der Waals surface area contributed by atoms with E-state index in [1.807, 2.05) is 19.1 Å². The van der Waals surface area contributed by atoms with Crippen molar-refractivity contribution in [2.45, 2.75) is 46.5 Å². The molecule has 0 spiro atoms. The zero-order chi connectivity index (χ0) is 17.0. The third kappa shape index (κ3) is 10.9. The molecule has 128 valence electrons. The van der Waals surface area contributed by atoms with E-state index in [1.165, 1.54) is 18.5 Å². The van der Waals surface area contributed by atoms with E-state index in [2.05, 4.69) is 30.9 Å². The van der Waals surface area contributed by atoms with Crippen LogP contribution in [0.5, 0.6) is 0 Å². The second kappa shape index (κ2) is 11.7. The van der Waals surface area contributed by atoms with Crippen LogP contribution in [0.4, 0.5) is 5.69 Å². The number of unbranched alkanes of at least 4 members (excludes halogenated alkanes) is 1. The van der Waals surface area contributed by atoms with Gasteiger partial charge in [-0.15, -0.1) is 0 Å². The highest BCUT2D eigenvalue weighted by atomic mass is 35.5. The molecule has 0 aliphatic carbocycles. The monoisotopic (exact) mass is 349 g/mol. The van der Waals surface area contributed by atoms with E-state index in [0.29, 0.717) is 6.42 Å². The fraction of sp³-hybridized carbons (Fsp3) is 0.625. The van der Waals surface area contributed by atoms with Gasteiger partial charge in [-0.25, -0.2) is 0 Å². The highest BCUT2D eigenvalue weighted by Crippen LogP contribution is 2.18. The largest absolute Gasteiger partial charge is 0.372 e. The Hall–Kier alpha value is -0.780. The topological polar surface area (TPSA) is 57.6 Å². The molecule has 0 amide bonds. The molecular formula is C16H28ClNO3S. The third-order valence-corrected chi connectivity index (χ3v) is 3.99.